The first-order chi connectivity index (χ1) is 12.8. The van der Waals surface area contributed by atoms with Gasteiger partial charge in [-0.2, -0.15) is 0 Å². The van der Waals surface area contributed by atoms with E-state index in [9.17, 15) is 0 Å². The Morgan fingerprint density at radius 2 is 1.19 bits per heavy atom. The third-order valence-corrected chi connectivity index (χ3v) is 4.50. The molecule has 7 heteroatoms. The summed E-state index contributed by atoms with van der Waals surface area (Å²) in [6.07, 6.45) is 9.93. The molecule has 2 aliphatic rings. The van der Waals surface area contributed by atoms with Crippen LogP contribution in [-0.2, 0) is 13.1 Å². The Balaban J connectivity index is 1.47. The molecule has 142 valence electrons. The van der Waals surface area contributed by atoms with Gasteiger partial charge in [0.05, 0.1) is 37.8 Å². The molecule has 0 saturated heterocycles. The van der Waals surface area contributed by atoms with Crippen LogP contribution in [0.1, 0.15) is 24.2 Å². The van der Waals surface area contributed by atoms with Crippen molar-refractivity contribution < 1.29 is 10.2 Å². The number of aromatic nitrogens is 1. The predicted molar refractivity (Wildman–Crippen MR) is 100 cm³/mol. The van der Waals surface area contributed by atoms with Crippen molar-refractivity contribution in [3.05, 3.63) is 54.4 Å². The second-order valence-corrected chi connectivity index (χ2v) is 6.77. The zero-order chi connectivity index (χ0) is 18.2. The second-order valence-electron chi connectivity index (χ2n) is 6.77. The molecule has 0 aromatic carbocycles. The lowest BCUT2D eigenvalue weighted by molar-refractivity contribution is 0.223. The molecule has 7 nitrogen and oxygen atoms in total. The molecular formula is C19H29N5O2. The van der Waals surface area contributed by atoms with Gasteiger partial charge in [0.25, 0.3) is 0 Å². The maximum atomic E-state index is 8.94. The smallest absolute Gasteiger partial charge is 0.0897 e. The van der Waals surface area contributed by atoms with E-state index in [2.05, 4.69) is 62.6 Å². The highest BCUT2D eigenvalue weighted by Gasteiger charge is 2.15. The van der Waals surface area contributed by atoms with Crippen molar-refractivity contribution in [2.45, 2.75) is 25.9 Å². The van der Waals surface area contributed by atoms with Crippen LogP contribution < -0.4 is 0 Å². The van der Waals surface area contributed by atoms with Crippen molar-refractivity contribution in [2.75, 3.05) is 39.6 Å². The molecule has 3 heterocycles. The van der Waals surface area contributed by atoms with Crippen molar-refractivity contribution in [1.82, 2.24) is 24.6 Å². The van der Waals surface area contributed by atoms with E-state index in [1.165, 1.54) is 0 Å². The summed E-state index contributed by atoms with van der Waals surface area (Å²) >= 11 is 0. The lowest BCUT2D eigenvalue weighted by Gasteiger charge is -2.22. The molecule has 1 aromatic rings. The first kappa shape index (κ1) is 18.5. The first-order valence-corrected chi connectivity index (χ1v) is 9.26. The summed E-state index contributed by atoms with van der Waals surface area (Å²) in [6.45, 7) is 5.50. The van der Waals surface area contributed by atoms with Gasteiger partial charge in [-0.1, -0.05) is 6.07 Å². The van der Waals surface area contributed by atoms with Crippen molar-refractivity contribution in [3.63, 3.8) is 0 Å². The first-order valence-electron chi connectivity index (χ1n) is 9.26. The number of hydrogen-bond donors (Lipinski definition) is 2. The van der Waals surface area contributed by atoms with Crippen LogP contribution >= 0.6 is 0 Å². The van der Waals surface area contributed by atoms with Crippen LogP contribution in [0.4, 0.5) is 0 Å². The summed E-state index contributed by atoms with van der Waals surface area (Å²) in [4.78, 5) is 13.7. The molecule has 3 rings (SSSR count). The number of hydrogen-bond acceptors (Lipinski definition) is 7. The highest BCUT2D eigenvalue weighted by Crippen LogP contribution is 2.14. The Hall–Kier alpha value is -2.25. The van der Waals surface area contributed by atoms with Crippen LogP contribution in [0, 0.1) is 0 Å². The molecular weight excluding hydrogens is 330 g/mol. The minimum absolute atomic E-state index is 0.232. The molecule has 26 heavy (non-hydrogen) atoms. The fraction of sp³-hybridized carbons (Fsp3) is 0.526. The van der Waals surface area contributed by atoms with Gasteiger partial charge in [0.2, 0.25) is 0 Å². The summed E-state index contributed by atoms with van der Waals surface area (Å²) in [6, 6.07) is 6.21. The Bertz CT molecular complexity index is 572. The van der Waals surface area contributed by atoms with Gasteiger partial charge in [-0.25, -0.2) is 0 Å². The Labute approximate surface area is 155 Å². The molecule has 0 fully saturated rings. The minimum atomic E-state index is 0.232. The molecule has 0 radical (unpaired) electrons. The number of aliphatic hydroxyl groups is 2. The average molecular weight is 359 g/mol. The maximum Gasteiger partial charge on any atom is 0.0897 e. The van der Waals surface area contributed by atoms with Crippen LogP contribution in [0.3, 0.4) is 0 Å². The molecule has 0 aliphatic carbocycles. The molecule has 1 aromatic heterocycles. The van der Waals surface area contributed by atoms with Gasteiger partial charge in [0, 0.05) is 51.1 Å². The van der Waals surface area contributed by atoms with Crippen LogP contribution in [0.25, 0.3) is 0 Å². The quantitative estimate of drug-likeness (QED) is 0.644. The lowest BCUT2D eigenvalue weighted by atomic mass is 10.3. The topological polar surface area (TPSA) is 66.3 Å². The summed E-state index contributed by atoms with van der Waals surface area (Å²) in [5.41, 5.74) is 2.13. The standard InChI is InChI=1S/C19H29N5O2/c25-12-2-6-21-8-10-23(16-21)14-18-4-1-5-19(20-18)15-24-11-9-22(17-24)7-3-13-26/h1,4-5,8-11,25-26H,2-3,6-7,12-17H2. The van der Waals surface area contributed by atoms with Crippen molar-refractivity contribution >= 4 is 0 Å². The molecule has 0 saturated carbocycles. The second kappa shape index (κ2) is 9.45. The van der Waals surface area contributed by atoms with E-state index < -0.39 is 0 Å². The van der Waals surface area contributed by atoms with Gasteiger partial charge in [0.1, 0.15) is 0 Å². The maximum absolute atomic E-state index is 8.94. The Morgan fingerprint density at radius 1 is 0.731 bits per heavy atom. The van der Waals surface area contributed by atoms with Crippen LogP contribution in [-0.4, -0.2) is 74.4 Å². The molecule has 2 aliphatic heterocycles. The number of pyridine rings is 1. The molecule has 2 N–H and O–H groups in total. The van der Waals surface area contributed by atoms with E-state index in [0.29, 0.717) is 0 Å². The molecule has 0 spiro atoms. The number of aliphatic hydroxyl groups excluding tert-OH is 2. The van der Waals surface area contributed by atoms with E-state index in [-0.39, 0.29) is 13.2 Å². The molecule has 0 amide bonds. The normalized spacial score (nSPS) is 16.4. The Morgan fingerprint density at radius 3 is 1.65 bits per heavy atom. The summed E-state index contributed by atoms with van der Waals surface area (Å²) < 4.78 is 0. The third-order valence-electron chi connectivity index (χ3n) is 4.50. The van der Waals surface area contributed by atoms with Crippen molar-refractivity contribution in [1.29, 1.82) is 0 Å². The van der Waals surface area contributed by atoms with E-state index in [0.717, 1.165) is 63.7 Å². The van der Waals surface area contributed by atoms with E-state index >= 15 is 0 Å². The number of nitrogens with zero attached hydrogens (tertiary/aromatic N) is 5. The molecule has 0 atom stereocenters. The Kier molecular flexibility index (Phi) is 6.74. The zero-order valence-corrected chi connectivity index (χ0v) is 15.2. The van der Waals surface area contributed by atoms with Gasteiger partial charge in [-0.3, -0.25) is 4.98 Å². The fourth-order valence-corrected chi connectivity index (χ4v) is 3.20. The largest absolute Gasteiger partial charge is 0.396 e. The van der Waals surface area contributed by atoms with E-state index in [1.807, 2.05) is 0 Å². The highest BCUT2D eigenvalue weighted by atomic mass is 16.3. The van der Waals surface area contributed by atoms with Gasteiger partial charge >= 0.3 is 0 Å². The van der Waals surface area contributed by atoms with Gasteiger partial charge in [-0.05, 0) is 25.0 Å². The van der Waals surface area contributed by atoms with E-state index in [1.54, 1.807) is 0 Å². The highest BCUT2D eigenvalue weighted by molar-refractivity contribution is 5.13. The zero-order valence-electron chi connectivity index (χ0n) is 15.2. The number of rotatable bonds is 10. The van der Waals surface area contributed by atoms with Crippen LogP contribution in [0.5, 0.6) is 0 Å². The monoisotopic (exact) mass is 359 g/mol. The average Bonchev–Trinajstić information content (AvgIpc) is 3.28. The van der Waals surface area contributed by atoms with Gasteiger partial charge < -0.3 is 29.8 Å². The summed E-state index contributed by atoms with van der Waals surface area (Å²) in [5, 5.41) is 17.9. The molecule has 0 bridgehead atoms. The lowest BCUT2D eigenvalue weighted by Crippen LogP contribution is -2.27. The van der Waals surface area contributed by atoms with E-state index in [4.69, 9.17) is 15.2 Å². The minimum Gasteiger partial charge on any atom is -0.396 e. The van der Waals surface area contributed by atoms with Gasteiger partial charge in [-0.15, -0.1) is 0 Å². The fourth-order valence-electron chi connectivity index (χ4n) is 3.20. The summed E-state index contributed by atoms with van der Waals surface area (Å²) in [7, 11) is 0. The van der Waals surface area contributed by atoms with Crippen molar-refractivity contribution in [3.8, 4) is 0 Å². The van der Waals surface area contributed by atoms with Crippen molar-refractivity contribution in [2.24, 2.45) is 0 Å². The predicted octanol–water partition coefficient (Wildman–Crippen LogP) is 0.939. The third kappa shape index (κ3) is 5.37. The summed E-state index contributed by atoms with van der Waals surface area (Å²) in [5.74, 6) is 0. The van der Waals surface area contributed by atoms with Crippen LogP contribution in [0.15, 0.2) is 43.0 Å². The SMILES string of the molecule is OCCCN1C=CN(Cc2cccc(CN3C=CN(CCCO)C3)n2)C1. The van der Waals surface area contributed by atoms with Gasteiger partial charge in [0.15, 0.2) is 0 Å². The molecule has 0 unspecified atom stereocenters. The van der Waals surface area contributed by atoms with Crippen LogP contribution in [0.2, 0.25) is 0 Å².